The summed E-state index contributed by atoms with van der Waals surface area (Å²) in [6.07, 6.45) is 1.70. The van der Waals surface area contributed by atoms with E-state index in [1.807, 2.05) is 0 Å². The highest BCUT2D eigenvalue weighted by atomic mass is 16.6. The number of nitrogen functional groups attached to an aromatic ring is 1. The third kappa shape index (κ3) is 2.02. The van der Waals surface area contributed by atoms with Crippen LogP contribution >= 0.6 is 0 Å². The molecule has 1 fully saturated rings. The van der Waals surface area contributed by atoms with Crippen molar-refractivity contribution in [2.45, 2.75) is 24.4 Å². The van der Waals surface area contributed by atoms with Gasteiger partial charge in [0.05, 0.1) is 26.1 Å². The summed E-state index contributed by atoms with van der Waals surface area (Å²) in [4.78, 5) is 12.3. The predicted molar refractivity (Wildman–Crippen MR) is 77.0 cm³/mol. The number of methoxy groups -OCH3 is 1. The van der Waals surface area contributed by atoms with E-state index in [0.29, 0.717) is 11.2 Å². The van der Waals surface area contributed by atoms with Crippen molar-refractivity contribution in [3.05, 3.63) is 19.0 Å². The molecule has 0 amide bonds. The Morgan fingerprint density at radius 1 is 1.64 bits per heavy atom. The maximum absolute atomic E-state index is 10.2. The van der Waals surface area contributed by atoms with Crippen molar-refractivity contribution in [3.8, 4) is 6.01 Å². The van der Waals surface area contributed by atoms with E-state index in [-0.39, 0.29) is 24.9 Å². The predicted octanol–water partition coefficient (Wildman–Crippen LogP) is -0.386. The Kier molecular flexibility index (Phi) is 3.47. The quantitative estimate of drug-likeness (QED) is 0.652. The molecular formula is C13H17N5O4. The Hall–Kier alpha value is -2.23. The normalized spacial score (nSPS) is 28.1. The number of hydrogen-bond acceptors (Lipinski definition) is 8. The second-order valence-electron chi connectivity index (χ2n) is 5.06. The molecule has 0 unspecified atom stereocenters. The van der Waals surface area contributed by atoms with Gasteiger partial charge in [0.2, 0.25) is 0 Å². The van der Waals surface area contributed by atoms with Gasteiger partial charge in [-0.2, -0.15) is 9.97 Å². The second-order valence-corrected chi connectivity index (χ2v) is 5.06. The molecule has 0 saturated carbocycles. The summed E-state index contributed by atoms with van der Waals surface area (Å²) in [6, 6.07) is 0.113. The van der Waals surface area contributed by atoms with Crippen LogP contribution in [0.2, 0.25) is 0 Å². The number of aliphatic hydroxyl groups is 2. The highest BCUT2D eigenvalue weighted by Gasteiger charge is 2.46. The van der Waals surface area contributed by atoms with E-state index in [9.17, 15) is 10.2 Å². The minimum Gasteiger partial charge on any atom is -0.467 e. The second kappa shape index (κ2) is 5.20. The number of aromatic nitrogens is 4. The van der Waals surface area contributed by atoms with Crippen LogP contribution in [0.15, 0.2) is 19.0 Å². The highest BCUT2D eigenvalue weighted by molar-refractivity contribution is 5.82. The van der Waals surface area contributed by atoms with Crippen molar-refractivity contribution in [1.29, 1.82) is 0 Å². The van der Waals surface area contributed by atoms with E-state index in [0.717, 1.165) is 0 Å². The van der Waals surface area contributed by atoms with Gasteiger partial charge in [0, 0.05) is 6.42 Å². The molecule has 9 heteroatoms. The number of anilines is 1. The average Bonchev–Trinajstić information content (AvgIpc) is 3.08. The van der Waals surface area contributed by atoms with Crippen LogP contribution in [0.1, 0.15) is 12.6 Å². The zero-order valence-corrected chi connectivity index (χ0v) is 12.0. The minimum absolute atomic E-state index is 0.113. The van der Waals surface area contributed by atoms with Gasteiger partial charge in [-0.25, -0.2) is 4.98 Å². The Labute approximate surface area is 126 Å². The third-order valence-corrected chi connectivity index (χ3v) is 3.86. The van der Waals surface area contributed by atoms with Crippen molar-refractivity contribution in [3.63, 3.8) is 0 Å². The number of aliphatic hydroxyl groups excluding tert-OH is 2. The molecule has 0 radical (unpaired) electrons. The van der Waals surface area contributed by atoms with Crippen LogP contribution in [0.5, 0.6) is 6.01 Å². The van der Waals surface area contributed by atoms with Gasteiger partial charge in [-0.05, 0) is 0 Å². The zero-order valence-electron chi connectivity index (χ0n) is 12.0. The van der Waals surface area contributed by atoms with Crippen molar-refractivity contribution in [2.24, 2.45) is 0 Å². The van der Waals surface area contributed by atoms with E-state index >= 15 is 0 Å². The molecule has 22 heavy (non-hydrogen) atoms. The molecule has 0 aromatic carbocycles. The SMILES string of the molecule is C=C[C@]1(CO)O[C@@H](n2cnc3c(N)nc(OC)nc32)C[C@@H]1O. The molecule has 9 nitrogen and oxygen atoms in total. The number of imidazole rings is 1. The number of rotatable bonds is 4. The van der Waals surface area contributed by atoms with E-state index in [1.54, 1.807) is 4.57 Å². The van der Waals surface area contributed by atoms with Crippen LogP contribution < -0.4 is 10.5 Å². The largest absolute Gasteiger partial charge is 0.467 e. The summed E-state index contributed by atoms with van der Waals surface area (Å²) < 4.78 is 12.4. The lowest BCUT2D eigenvalue weighted by atomic mass is 9.98. The monoisotopic (exact) mass is 307 g/mol. The highest BCUT2D eigenvalue weighted by Crippen LogP contribution is 2.38. The van der Waals surface area contributed by atoms with Gasteiger partial charge in [0.15, 0.2) is 17.0 Å². The van der Waals surface area contributed by atoms with Crippen LogP contribution in [0.25, 0.3) is 11.2 Å². The molecule has 1 saturated heterocycles. The Morgan fingerprint density at radius 2 is 2.41 bits per heavy atom. The first kappa shape index (κ1) is 14.7. The summed E-state index contributed by atoms with van der Waals surface area (Å²) >= 11 is 0. The summed E-state index contributed by atoms with van der Waals surface area (Å²) in [7, 11) is 1.44. The number of ether oxygens (including phenoxy) is 2. The first-order valence-corrected chi connectivity index (χ1v) is 6.69. The number of hydrogen-bond donors (Lipinski definition) is 3. The lowest BCUT2D eigenvalue weighted by molar-refractivity contribution is -0.0953. The van der Waals surface area contributed by atoms with Crippen molar-refractivity contribution >= 4 is 17.0 Å². The van der Waals surface area contributed by atoms with Crippen LogP contribution in [-0.4, -0.2) is 55.2 Å². The number of nitrogens with two attached hydrogens (primary N) is 1. The number of fused-ring (bicyclic) bond motifs is 1. The van der Waals surface area contributed by atoms with E-state index in [2.05, 4.69) is 21.5 Å². The molecule has 3 atom stereocenters. The molecule has 3 heterocycles. The fourth-order valence-corrected chi connectivity index (χ4v) is 2.55. The first-order chi connectivity index (χ1) is 10.5. The molecule has 118 valence electrons. The van der Waals surface area contributed by atoms with E-state index in [1.165, 1.54) is 19.5 Å². The van der Waals surface area contributed by atoms with Crippen molar-refractivity contribution < 1.29 is 19.7 Å². The standard InChI is InChI=1S/C13H17N5O4/c1-3-13(5-19)7(20)4-8(22-13)18-6-15-9-10(14)16-12(21-2)17-11(9)18/h3,6-8,19-20H,1,4-5H2,2H3,(H2,14,16,17)/t7-,8+,13+/m0/s1. The van der Waals surface area contributed by atoms with E-state index in [4.69, 9.17) is 15.2 Å². The molecule has 0 bridgehead atoms. The smallest absolute Gasteiger partial charge is 0.320 e. The molecule has 1 aliphatic heterocycles. The van der Waals surface area contributed by atoms with Crippen molar-refractivity contribution in [2.75, 3.05) is 19.5 Å². The third-order valence-electron chi connectivity index (χ3n) is 3.86. The molecule has 1 aliphatic rings. The van der Waals surface area contributed by atoms with Crippen molar-refractivity contribution in [1.82, 2.24) is 19.5 Å². The van der Waals surface area contributed by atoms with Gasteiger partial charge < -0.3 is 25.4 Å². The summed E-state index contributed by atoms with van der Waals surface area (Å²) in [5.41, 5.74) is 5.47. The van der Waals surface area contributed by atoms with Crippen LogP contribution in [0, 0.1) is 0 Å². The van der Waals surface area contributed by atoms with Gasteiger partial charge in [0.25, 0.3) is 0 Å². The zero-order chi connectivity index (χ0) is 15.9. The first-order valence-electron chi connectivity index (χ1n) is 6.69. The number of nitrogens with zero attached hydrogens (tertiary/aromatic N) is 4. The topological polar surface area (TPSA) is 129 Å². The van der Waals surface area contributed by atoms with Gasteiger partial charge >= 0.3 is 6.01 Å². The lowest BCUT2D eigenvalue weighted by Crippen LogP contribution is -2.40. The Balaban J connectivity index is 2.05. The molecule has 4 N–H and O–H groups in total. The summed E-state index contributed by atoms with van der Waals surface area (Å²) in [5, 5.41) is 19.7. The van der Waals surface area contributed by atoms with Crippen LogP contribution in [0.3, 0.4) is 0 Å². The lowest BCUT2D eigenvalue weighted by Gasteiger charge is -2.26. The summed E-state index contributed by atoms with van der Waals surface area (Å²) in [6.45, 7) is 3.25. The van der Waals surface area contributed by atoms with Gasteiger partial charge in [-0.3, -0.25) is 4.57 Å². The molecular weight excluding hydrogens is 290 g/mol. The molecule has 2 aromatic heterocycles. The van der Waals surface area contributed by atoms with E-state index < -0.39 is 17.9 Å². The molecule has 0 spiro atoms. The summed E-state index contributed by atoms with van der Waals surface area (Å²) in [5.74, 6) is 0.191. The molecule has 2 aromatic rings. The fraction of sp³-hybridized carbons (Fsp3) is 0.462. The van der Waals surface area contributed by atoms with Gasteiger partial charge in [-0.15, -0.1) is 6.58 Å². The van der Waals surface area contributed by atoms with Crippen LogP contribution in [-0.2, 0) is 4.74 Å². The Morgan fingerprint density at radius 3 is 3.00 bits per heavy atom. The molecule has 0 aliphatic carbocycles. The maximum Gasteiger partial charge on any atom is 0.320 e. The minimum atomic E-state index is -1.20. The average molecular weight is 307 g/mol. The maximum atomic E-state index is 10.2. The molecule has 3 rings (SSSR count). The fourth-order valence-electron chi connectivity index (χ4n) is 2.55. The van der Waals surface area contributed by atoms with Gasteiger partial charge in [0.1, 0.15) is 11.8 Å². The van der Waals surface area contributed by atoms with Crippen LogP contribution in [0.4, 0.5) is 5.82 Å². The van der Waals surface area contributed by atoms with Gasteiger partial charge in [-0.1, -0.05) is 6.08 Å². The Bertz CT molecular complexity index is 718.